The number of nitrogens with one attached hydrogen (secondary N) is 1. The smallest absolute Gasteiger partial charge is 0.211 e. The summed E-state index contributed by atoms with van der Waals surface area (Å²) in [6.45, 7) is 3.71. The van der Waals surface area contributed by atoms with Crippen molar-refractivity contribution in [3.63, 3.8) is 0 Å². The molecule has 108 valence electrons. The Morgan fingerprint density at radius 3 is 2.95 bits per heavy atom. The van der Waals surface area contributed by atoms with Gasteiger partial charge in [0.05, 0.1) is 12.0 Å². The van der Waals surface area contributed by atoms with Crippen LogP contribution in [0.15, 0.2) is 16.7 Å². The van der Waals surface area contributed by atoms with Crippen LogP contribution in [-0.4, -0.2) is 25.8 Å². The van der Waals surface area contributed by atoms with Crippen LogP contribution in [0.4, 0.5) is 0 Å². The largest absolute Gasteiger partial charge is 0.469 e. The summed E-state index contributed by atoms with van der Waals surface area (Å²) in [7, 11) is -3.34. The van der Waals surface area contributed by atoms with Crippen molar-refractivity contribution in [1.29, 1.82) is 0 Å². The molecule has 1 heterocycles. The monoisotopic (exact) mass is 287 g/mol. The number of aryl methyl sites for hydroxylation is 1. The third-order valence-electron chi connectivity index (χ3n) is 3.38. The van der Waals surface area contributed by atoms with Gasteiger partial charge in [-0.3, -0.25) is 0 Å². The van der Waals surface area contributed by atoms with Crippen LogP contribution in [0.25, 0.3) is 0 Å². The Morgan fingerprint density at radius 2 is 2.26 bits per heavy atom. The molecule has 1 aromatic heterocycles. The molecular formula is C13H21NO4S. The van der Waals surface area contributed by atoms with E-state index in [1.165, 1.54) is 0 Å². The first-order valence-corrected chi connectivity index (χ1v) is 8.24. The maximum absolute atomic E-state index is 11.8. The molecule has 2 N–H and O–H groups in total. The molecule has 5 nitrogen and oxygen atoms in total. The van der Waals surface area contributed by atoms with Crippen molar-refractivity contribution in [1.82, 2.24) is 4.72 Å². The third kappa shape index (κ3) is 3.38. The van der Waals surface area contributed by atoms with Gasteiger partial charge in [-0.05, 0) is 24.8 Å². The fourth-order valence-corrected chi connectivity index (χ4v) is 3.99. The molecule has 6 heteroatoms. The fraction of sp³-hybridized carbons (Fsp3) is 0.692. The van der Waals surface area contributed by atoms with Crippen LogP contribution < -0.4 is 4.72 Å². The van der Waals surface area contributed by atoms with Crippen molar-refractivity contribution in [2.24, 2.45) is 5.92 Å². The van der Waals surface area contributed by atoms with Crippen LogP contribution in [0.5, 0.6) is 0 Å². The van der Waals surface area contributed by atoms with Crippen LogP contribution in [0.2, 0.25) is 0 Å². The quantitative estimate of drug-likeness (QED) is 0.857. The summed E-state index contributed by atoms with van der Waals surface area (Å²) in [4.78, 5) is 0. The van der Waals surface area contributed by atoms with E-state index in [1.54, 1.807) is 12.3 Å². The lowest BCUT2D eigenvalue weighted by atomic mass is 9.83. The lowest BCUT2D eigenvalue weighted by Crippen LogP contribution is -2.43. The van der Waals surface area contributed by atoms with E-state index in [9.17, 15) is 13.5 Å². The van der Waals surface area contributed by atoms with Gasteiger partial charge in [-0.15, -0.1) is 0 Å². The molecule has 1 aliphatic rings. The maximum atomic E-state index is 11.8. The molecule has 0 fully saturated rings. The van der Waals surface area contributed by atoms with Gasteiger partial charge in [-0.25, -0.2) is 13.1 Å². The molecule has 0 aliphatic heterocycles. The lowest BCUT2D eigenvalue weighted by molar-refractivity contribution is 0.0221. The Morgan fingerprint density at radius 1 is 1.53 bits per heavy atom. The minimum atomic E-state index is -3.34. The topological polar surface area (TPSA) is 79.5 Å². The SMILES string of the molecule is CC(C)CS(=O)(=O)NC[C@]1(O)CCCc2occc21. The number of furan rings is 1. The standard InChI is InChI=1S/C13H21NO4S/c1-10(2)8-19(16,17)14-9-13(15)6-3-4-12-11(13)5-7-18-12/h5,7,10,14-15H,3-4,6,8-9H2,1-2H3/t13-/m1/s1. The highest BCUT2D eigenvalue weighted by Gasteiger charge is 2.37. The summed E-state index contributed by atoms with van der Waals surface area (Å²) in [6.07, 6.45) is 3.68. The Hall–Kier alpha value is -0.850. The molecule has 0 radical (unpaired) electrons. The van der Waals surface area contributed by atoms with Crippen LogP contribution in [0.3, 0.4) is 0 Å². The van der Waals surface area contributed by atoms with Gasteiger partial charge in [-0.2, -0.15) is 0 Å². The van der Waals surface area contributed by atoms with Crippen LogP contribution in [-0.2, 0) is 22.0 Å². The summed E-state index contributed by atoms with van der Waals surface area (Å²) in [5.41, 5.74) is -0.434. The normalized spacial score (nSPS) is 23.6. The predicted molar refractivity (Wildman–Crippen MR) is 72.2 cm³/mol. The van der Waals surface area contributed by atoms with Crippen molar-refractivity contribution in [2.75, 3.05) is 12.3 Å². The minimum absolute atomic E-state index is 0.00852. The second-order valence-electron chi connectivity index (χ2n) is 5.64. The second-order valence-corrected chi connectivity index (χ2v) is 7.49. The average molecular weight is 287 g/mol. The van der Waals surface area contributed by atoms with Gasteiger partial charge in [0, 0.05) is 18.5 Å². The second kappa shape index (κ2) is 5.26. The van der Waals surface area contributed by atoms with E-state index in [-0.39, 0.29) is 18.2 Å². The fourth-order valence-electron chi connectivity index (χ4n) is 2.54. The zero-order valence-corrected chi connectivity index (χ0v) is 12.2. The third-order valence-corrected chi connectivity index (χ3v) is 5.07. The van der Waals surface area contributed by atoms with Crippen molar-refractivity contribution < 1.29 is 17.9 Å². The summed E-state index contributed by atoms with van der Waals surface area (Å²) < 4.78 is 31.5. The zero-order chi connectivity index (χ0) is 14.1. The number of sulfonamides is 1. The molecule has 0 saturated heterocycles. The number of fused-ring (bicyclic) bond motifs is 1. The molecule has 0 aromatic carbocycles. The zero-order valence-electron chi connectivity index (χ0n) is 11.3. The van der Waals surface area contributed by atoms with Gasteiger partial charge in [0.25, 0.3) is 0 Å². The van der Waals surface area contributed by atoms with E-state index < -0.39 is 15.6 Å². The van der Waals surface area contributed by atoms with Gasteiger partial charge >= 0.3 is 0 Å². The van der Waals surface area contributed by atoms with Gasteiger partial charge in [0.2, 0.25) is 10.0 Å². The summed E-state index contributed by atoms with van der Waals surface area (Å²) in [5.74, 6) is 0.890. The van der Waals surface area contributed by atoms with Crippen molar-refractivity contribution in [3.05, 3.63) is 23.7 Å². The van der Waals surface area contributed by atoms with Crippen LogP contribution >= 0.6 is 0 Å². The number of hydrogen-bond donors (Lipinski definition) is 2. The lowest BCUT2D eigenvalue weighted by Gasteiger charge is -2.31. The van der Waals surface area contributed by atoms with E-state index in [1.807, 2.05) is 13.8 Å². The van der Waals surface area contributed by atoms with E-state index >= 15 is 0 Å². The van der Waals surface area contributed by atoms with Crippen LogP contribution in [0, 0.1) is 5.92 Å². The molecule has 1 atom stereocenters. The molecule has 2 rings (SSSR count). The van der Waals surface area contributed by atoms with Crippen molar-refractivity contribution in [2.45, 2.75) is 38.7 Å². The van der Waals surface area contributed by atoms with E-state index in [4.69, 9.17) is 4.42 Å². The van der Waals surface area contributed by atoms with Crippen molar-refractivity contribution in [3.8, 4) is 0 Å². The first-order chi connectivity index (χ1) is 8.82. The van der Waals surface area contributed by atoms with Crippen molar-refractivity contribution >= 4 is 10.0 Å². The Kier molecular flexibility index (Phi) is 4.03. The minimum Gasteiger partial charge on any atom is -0.469 e. The summed E-state index contributed by atoms with van der Waals surface area (Å²) in [5, 5.41) is 10.6. The van der Waals surface area contributed by atoms with Gasteiger partial charge in [0.15, 0.2) is 0 Å². The highest BCUT2D eigenvalue weighted by Crippen LogP contribution is 2.35. The molecule has 0 amide bonds. The number of aliphatic hydroxyl groups is 1. The first kappa shape index (κ1) is 14.6. The van der Waals surface area contributed by atoms with E-state index in [2.05, 4.69) is 4.72 Å². The van der Waals surface area contributed by atoms with Gasteiger partial charge in [0.1, 0.15) is 11.4 Å². The molecular weight excluding hydrogens is 266 g/mol. The summed E-state index contributed by atoms with van der Waals surface area (Å²) in [6, 6.07) is 1.73. The Balaban J connectivity index is 2.08. The maximum Gasteiger partial charge on any atom is 0.211 e. The Labute approximate surface area is 114 Å². The number of rotatable bonds is 5. The van der Waals surface area contributed by atoms with Crippen LogP contribution in [0.1, 0.15) is 38.0 Å². The van der Waals surface area contributed by atoms with Gasteiger partial charge < -0.3 is 9.52 Å². The first-order valence-electron chi connectivity index (χ1n) is 6.59. The molecule has 0 saturated carbocycles. The highest BCUT2D eigenvalue weighted by molar-refractivity contribution is 7.89. The molecule has 19 heavy (non-hydrogen) atoms. The van der Waals surface area contributed by atoms with Gasteiger partial charge in [-0.1, -0.05) is 13.8 Å². The van der Waals surface area contributed by atoms with E-state index in [0.717, 1.165) is 18.6 Å². The Bertz CT molecular complexity index is 535. The predicted octanol–water partition coefficient (Wildman–Crippen LogP) is 1.38. The average Bonchev–Trinajstić information content (AvgIpc) is 2.75. The number of hydrogen-bond acceptors (Lipinski definition) is 4. The van der Waals surface area contributed by atoms with E-state index in [0.29, 0.717) is 12.0 Å². The molecule has 0 unspecified atom stereocenters. The molecule has 1 aromatic rings. The molecule has 1 aliphatic carbocycles. The summed E-state index contributed by atoms with van der Waals surface area (Å²) >= 11 is 0. The molecule has 0 bridgehead atoms. The molecule has 0 spiro atoms. The highest BCUT2D eigenvalue weighted by atomic mass is 32.2.